The van der Waals surface area contributed by atoms with E-state index in [0.717, 1.165) is 25.9 Å². The number of amides is 1. The molecule has 4 nitrogen and oxygen atoms in total. The molecule has 1 aliphatic rings. The quantitative estimate of drug-likeness (QED) is 0.875. The van der Waals surface area contributed by atoms with Crippen molar-refractivity contribution in [2.45, 2.75) is 25.4 Å². The van der Waals surface area contributed by atoms with Gasteiger partial charge in [-0.15, -0.1) is 0 Å². The van der Waals surface area contributed by atoms with Gasteiger partial charge in [0.2, 0.25) is 0 Å². The summed E-state index contributed by atoms with van der Waals surface area (Å²) in [5, 5.41) is 0.690. The van der Waals surface area contributed by atoms with E-state index in [-0.39, 0.29) is 23.2 Å². The number of nitrogens with zero attached hydrogens (tertiary/aromatic N) is 2. The molecule has 0 aliphatic carbocycles. The lowest BCUT2D eigenvalue weighted by Crippen LogP contribution is -2.37. The zero-order valence-corrected chi connectivity index (χ0v) is 12.6. The minimum absolute atomic E-state index is 0.0832. The molecule has 0 spiro atoms. The third-order valence-electron chi connectivity index (χ3n) is 3.99. The van der Waals surface area contributed by atoms with Crippen molar-refractivity contribution < 1.29 is 13.9 Å². The van der Waals surface area contributed by atoms with Crippen LogP contribution in [0.4, 0.5) is 4.39 Å². The Hall–Kier alpha value is -2.01. The molecular weight excluding hydrogens is 283 g/mol. The second-order valence-electron chi connectivity index (χ2n) is 5.68. The lowest BCUT2D eigenvalue weighted by molar-refractivity contribution is -0.000282. The van der Waals surface area contributed by atoms with Gasteiger partial charge in [-0.2, -0.15) is 0 Å². The second-order valence-corrected chi connectivity index (χ2v) is 5.68. The van der Waals surface area contributed by atoms with Crippen LogP contribution in [0.5, 0.6) is 0 Å². The van der Waals surface area contributed by atoms with E-state index in [1.807, 2.05) is 0 Å². The molecule has 5 heteroatoms. The van der Waals surface area contributed by atoms with Crippen LogP contribution in [0.15, 0.2) is 30.3 Å². The number of halogens is 1. The summed E-state index contributed by atoms with van der Waals surface area (Å²) in [5.74, 6) is -0.621. The highest BCUT2D eigenvalue weighted by atomic mass is 19.1. The summed E-state index contributed by atoms with van der Waals surface area (Å²) in [6, 6.07) is 8.13. The van der Waals surface area contributed by atoms with Crippen LogP contribution in [0.3, 0.4) is 0 Å². The number of likely N-dealkylation sites (N-methyl/N-ethyl adjacent to an activating group) is 1. The van der Waals surface area contributed by atoms with Crippen molar-refractivity contribution in [1.82, 2.24) is 9.88 Å². The second kappa shape index (κ2) is 6.40. The molecule has 1 aromatic heterocycles. The van der Waals surface area contributed by atoms with Crippen molar-refractivity contribution in [3.05, 3.63) is 41.8 Å². The summed E-state index contributed by atoms with van der Waals surface area (Å²) in [6.07, 6.45) is 3.27. The third kappa shape index (κ3) is 3.09. The first-order valence-corrected chi connectivity index (χ1v) is 7.57. The average molecular weight is 302 g/mol. The molecule has 0 N–H and O–H groups in total. The standard InChI is InChI=1S/C17H19FN2O2/c1-20(11-13-6-2-3-10-22-13)17(21)15-9-8-12-5-4-7-14(18)16(12)19-15/h4-5,7-9,13H,2-3,6,10-11H2,1H3. The summed E-state index contributed by atoms with van der Waals surface area (Å²) < 4.78 is 19.4. The van der Waals surface area contributed by atoms with Gasteiger partial charge in [0, 0.05) is 25.6 Å². The summed E-state index contributed by atoms with van der Waals surface area (Å²) >= 11 is 0. The van der Waals surface area contributed by atoms with Crippen LogP contribution in [0.2, 0.25) is 0 Å². The highest BCUT2D eigenvalue weighted by Crippen LogP contribution is 2.18. The van der Waals surface area contributed by atoms with Gasteiger partial charge in [-0.1, -0.05) is 18.2 Å². The van der Waals surface area contributed by atoms with Gasteiger partial charge in [0.15, 0.2) is 0 Å². The Morgan fingerprint density at radius 1 is 1.36 bits per heavy atom. The largest absolute Gasteiger partial charge is 0.376 e. The van der Waals surface area contributed by atoms with Crippen LogP contribution in [-0.2, 0) is 4.74 Å². The number of aromatic nitrogens is 1. The smallest absolute Gasteiger partial charge is 0.272 e. The predicted molar refractivity (Wildman–Crippen MR) is 82.3 cm³/mol. The number of hydrogen-bond acceptors (Lipinski definition) is 3. The molecule has 1 saturated heterocycles. The molecule has 0 bridgehead atoms. The van der Waals surface area contributed by atoms with Crippen molar-refractivity contribution in [2.24, 2.45) is 0 Å². The highest BCUT2D eigenvalue weighted by Gasteiger charge is 2.20. The fraction of sp³-hybridized carbons (Fsp3) is 0.412. The number of hydrogen-bond donors (Lipinski definition) is 0. The van der Waals surface area contributed by atoms with Crippen LogP contribution >= 0.6 is 0 Å². The van der Waals surface area contributed by atoms with Crippen molar-refractivity contribution in [3.8, 4) is 0 Å². The molecule has 116 valence electrons. The first kappa shape index (κ1) is 14.9. The lowest BCUT2D eigenvalue weighted by atomic mass is 10.1. The molecular formula is C17H19FN2O2. The molecule has 2 aromatic rings. The van der Waals surface area contributed by atoms with Gasteiger partial charge in [-0.25, -0.2) is 9.37 Å². The van der Waals surface area contributed by atoms with E-state index < -0.39 is 5.82 Å². The Morgan fingerprint density at radius 3 is 3.00 bits per heavy atom. The van der Waals surface area contributed by atoms with E-state index in [2.05, 4.69) is 4.98 Å². The van der Waals surface area contributed by atoms with Crippen LogP contribution in [0.25, 0.3) is 10.9 Å². The number of rotatable bonds is 3. The maximum Gasteiger partial charge on any atom is 0.272 e. The van der Waals surface area contributed by atoms with E-state index >= 15 is 0 Å². The van der Waals surface area contributed by atoms with Gasteiger partial charge in [-0.3, -0.25) is 4.79 Å². The summed E-state index contributed by atoms with van der Waals surface area (Å²) in [6.45, 7) is 1.29. The number of pyridine rings is 1. The monoisotopic (exact) mass is 302 g/mol. The Bertz CT molecular complexity index is 683. The van der Waals surface area contributed by atoms with Crippen LogP contribution in [0, 0.1) is 5.82 Å². The Labute approximate surface area is 128 Å². The zero-order valence-electron chi connectivity index (χ0n) is 12.6. The van der Waals surface area contributed by atoms with Crippen molar-refractivity contribution in [1.29, 1.82) is 0 Å². The maximum atomic E-state index is 13.8. The number of carbonyl (C=O) groups excluding carboxylic acids is 1. The topological polar surface area (TPSA) is 42.4 Å². The van der Waals surface area contributed by atoms with E-state index in [9.17, 15) is 9.18 Å². The highest BCUT2D eigenvalue weighted by molar-refractivity contribution is 5.94. The van der Waals surface area contributed by atoms with E-state index in [1.54, 1.807) is 36.2 Å². The van der Waals surface area contributed by atoms with E-state index in [0.29, 0.717) is 11.9 Å². The third-order valence-corrected chi connectivity index (χ3v) is 3.99. The first-order valence-electron chi connectivity index (χ1n) is 7.57. The SMILES string of the molecule is CN(CC1CCCCO1)C(=O)c1ccc2cccc(F)c2n1. The van der Waals surface area contributed by atoms with Gasteiger partial charge >= 0.3 is 0 Å². The Morgan fingerprint density at radius 2 is 2.23 bits per heavy atom. The Balaban J connectivity index is 1.77. The van der Waals surface area contributed by atoms with Crippen molar-refractivity contribution in [3.63, 3.8) is 0 Å². The Kier molecular flexibility index (Phi) is 4.34. The summed E-state index contributed by atoms with van der Waals surface area (Å²) in [7, 11) is 1.73. The van der Waals surface area contributed by atoms with E-state index in [1.165, 1.54) is 6.07 Å². The molecule has 1 aromatic carbocycles. The van der Waals surface area contributed by atoms with Crippen LogP contribution in [-0.4, -0.2) is 42.1 Å². The normalized spacial score (nSPS) is 18.4. The molecule has 2 heterocycles. The molecule has 3 rings (SSSR count). The fourth-order valence-corrected chi connectivity index (χ4v) is 2.77. The van der Waals surface area contributed by atoms with Gasteiger partial charge in [0.25, 0.3) is 5.91 Å². The molecule has 0 radical (unpaired) electrons. The van der Waals surface area contributed by atoms with E-state index in [4.69, 9.17) is 4.74 Å². The predicted octanol–water partition coefficient (Wildman–Crippen LogP) is 3.02. The van der Waals surface area contributed by atoms with Gasteiger partial charge in [0.1, 0.15) is 17.0 Å². The van der Waals surface area contributed by atoms with Gasteiger partial charge in [-0.05, 0) is 31.4 Å². The molecule has 1 atom stereocenters. The molecule has 1 unspecified atom stereocenters. The number of ether oxygens (including phenoxy) is 1. The molecule has 1 aliphatic heterocycles. The molecule has 1 amide bonds. The zero-order chi connectivity index (χ0) is 15.5. The number of benzene rings is 1. The fourth-order valence-electron chi connectivity index (χ4n) is 2.77. The molecule has 22 heavy (non-hydrogen) atoms. The van der Waals surface area contributed by atoms with Gasteiger partial charge in [0.05, 0.1) is 6.10 Å². The number of fused-ring (bicyclic) bond motifs is 1. The maximum absolute atomic E-state index is 13.8. The number of carbonyl (C=O) groups is 1. The summed E-state index contributed by atoms with van der Waals surface area (Å²) in [4.78, 5) is 18.2. The average Bonchev–Trinajstić information content (AvgIpc) is 2.55. The first-order chi connectivity index (χ1) is 10.6. The van der Waals surface area contributed by atoms with Crippen LogP contribution < -0.4 is 0 Å². The van der Waals surface area contributed by atoms with Gasteiger partial charge < -0.3 is 9.64 Å². The minimum Gasteiger partial charge on any atom is -0.376 e. The molecule has 0 saturated carbocycles. The van der Waals surface area contributed by atoms with Crippen LogP contribution in [0.1, 0.15) is 29.8 Å². The number of para-hydroxylation sites is 1. The van der Waals surface area contributed by atoms with Crippen molar-refractivity contribution in [2.75, 3.05) is 20.2 Å². The van der Waals surface area contributed by atoms with Crippen molar-refractivity contribution >= 4 is 16.8 Å². The lowest BCUT2D eigenvalue weighted by Gasteiger charge is -2.27. The summed E-state index contributed by atoms with van der Waals surface area (Å²) in [5.41, 5.74) is 0.492. The minimum atomic E-state index is -0.412. The molecule has 1 fully saturated rings.